The van der Waals surface area contributed by atoms with Gasteiger partial charge < -0.3 is 0 Å². The van der Waals surface area contributed by atoms with Crippen LogP contribution in [0.3, 0.4) is 0 Å². The monoisotopic (exact) mass is 127 g/mol. The average molecular weight is 127 g/mol. The normalized spacial score (nSPS) is 7.00. The van der Waals surface area contributed by atoms with Crippen molar-refractivity contribution in [1.82, 2.24) is 0 Å². The van der Waals surface area contributed by atoms with Crippen LogP contribution in [0.25, 0.3) is 0 Å². The van der Waals surface area contributed by atoms with E-state index in [1.54, 1.807) is 12.1 Å². The molecule has 0 amide bonds. The summed E-state index contributed by atoms with van der Waals surface area (Å²) >= 11 is 0. The zero-order valence-electron chi connectivity index (χ0n) is 4.33. The molecule has 0 spiro atoms. The van der Waals surface area contributed by atoms with Gasteiger partial charge in [0.2, 0.25) is 0 Å². The van der Waals surface area contributed by atoms with E-state index >= 15 is 0 Å². The summed E-state index contributed by atoms with van der Waals surface area (Å²) in [6, 6.07) is 11.2. The minimum absolute atomic E-state index is 0. The summed E-state index contributed by atoms with van der Waals surface area (Å²) in [4.78, 5) is 0. The third kappa shape index (κ3) is 2.67. The van der Waals surface area contributed by atoms with Crippen LogP contribution in [0.15, 0.2) is 30.3 Å². The topological polar surface area (TPSA) is 23.8 Å². The van der Waals surface area contributed by atoms with Gasteiger partial charge in [-0.2, -0.15) is 5.26 Å². The Bertz CT molecular complexity index is 200. The van der Waals surface area contributed by atoms with Crippen LogP contribution in [-0.4, -0.2) is 29.6 Å². The number of rotatable bonds is 0. The number of hydrogen-bond acceptors (Lipinski definition) is 1. The molecule has 0 heterocycles. The van der Waals surface area contributed by atoms with Crippen LogP contribution in [0.2, 0.25) is 0 Å². The molecule has 0 aromatic heterocycles. The fraction of sp³-hybridized carbons (Fsp3) is 0. The first-order valence-electron chi connectivity index (χ1n) is 2.38. The van der Waals surface area contributed by atoms with E-state index in [0.717, 1.165) is 0 Å². The summed E-state index contributed by atoms with van der Waals surface area (Å²) in [6.45, 7) is 0. The molecular weight excluding hydrogens is 121 g/mol. The molecule has 0 bridgehead atoms. The quantitative estimate of drug-likeness (QED) is 0.475. The zero-order chi connectivity index (χ0) is 5.82. The van der Waals surface area contributed by atoms with Crippen LogP contribution in [0.1, 0.15) is 5.56 Å². The van der Waals surface area contributed by atoms with Crippen LogP contribution in [-0.2, 0) is 0 Å². The molecule has 1 aromatic rings. The van der Waals surface area contributed by atoms with E-state index in [-0.39, 0.29) is 29.6 Å². The van der Waals surface area contributed by atoms with Crippen molar-refractivity contribution in [2.75, 3.05) is 0 Å². The summed E-state index contributed by atoms with van der Waals surface area (Å²) < 4.78 is 0. The number of hydrogen-bond donors (Lipinski definition) is 0. The summed E-state index contributed by atoms with van der Waals surface area (Å²) in [5, 5.41) is 8.29. The maximum atomic E-state index is 8.29. The fourth-order valence-corrected chi connectivity index (χ4v) is 0.513. The van der Waals surface area contributed by atoms with Crippen LogP contribution in [0.5, 0.6) is 0 Å². The third-order valence-electron chi connectivity index (χ3n) is 0.903. The Labute approximate surface area is 76.6 Å². The molecule has 0 radical (unpaired) electrons. The standard InChI is InChI=1S/C7H5N.Na.H/c8-6-7-4-2-1-3-5-7;;/h1-5H;;. The molecule has 40 valence electrons. The number of nitriles is 1. The van der Waals surface area contributed by atoms with Gasteiger partial charge in [-0.3, -0.25) is 0 Å². The summed E-state index contributed by atoms with van der Waals surface area (Å²) in [5.74, 6) is 0. The van der Waals surface area contributed by atoms with Gasteiger partial charge in [0.05, 0.1) is 11.6 Å². The van der Waals surface area contributed by atoms with Gasteiger partial charge >= 0.3 is 29.6 Å². The van der Waals surface area contributed by atoms with Crippen molar-refractivity contribution < 1.29 is 0 Å². The van der Waals surface area contributed by atoms with Gasteiger partial charge in [0.25, 0.3) is 0 Å². The second kappa shape index (κ2) is 4.58. The first-order chi connectivity index (χ1) is 3.93. The molecule has 2 heteroatoms. The Balaban J connectivity index is 0.000000640. The van der Waals surface area contributed by atoms with Crippen molar-refractivity contribution in [2.45, 2.75) is 0 Å². The summed E-state index contributed by atoms with van der Waals surface area (Å²) in [5.41, 5.74) is 0.715. The van der Waals surface area contributed by atoms with Crippen molar-refractivity contribution in [3.05, 3.63) is 35.9 Å². The predicted octanol–water partition coefficient (Wildman–Crippen LogP) is 0.910. The Morgan fingerprint density at radius 3 is 2.00 bits per heavy atom. The molecule has 9 heavy (non-hydrogen) atoms. The van der Waals surface area contributed by atoms with Crippen molar-refractivity contribution in [2.24, 2.45) is 0 Å². The molecule has 0 aliphatic carbocycles. The molecule has 0 unspecified atom stereocenters. The number of benzene rings is 1. The van der Waals surface area contributed by atoms with Gasteiger partial charge in [-0.05, 0) is 12.1 Å². The molecule has 0 aliphatic rings. The van der Waals surface area contributed by atoms with Crippen molar-refractivity contribution in [1.29, 1.82) is 5.26 Å². The Hall–Kier alpha value is -0.290. The molecular formula is C7H6NNa. The molecule has 0 fully saturated rings. The molecule has 0 atom stereocenters. The second-order valence-electron chi connectivity index (χ2n) is 1.48. The van der Waals surface area contributed by atoms with Crippen molar-refractivity contribution in [3.63, 3.8) is 0 Å². The summed E-state index contributed by atoms with van der Waals surface area (Å²) in [6.07, 6.45) is 0. The Kier molecular flexibility index (Phi) is 4.43. The first kappa shape index (κ1) is 8.71. The molecule has 0 N–H and O–H groups in total. The average Bonchev–Trinajstić information content (AvgIpc) is 1.90. The number of nitrogens with zero attached hydrogens (tertiary/aromatic N) is 1. The van der Waals surface area contributed by atoms with Gasteiger partial charge in [0.1, 0.15) is 0 Å². The van der Waals surface area contributed by atoms with E-state index in [1.807, 2.05) is 24.3 Å². The van der Waals surface area contributed by atoms with Crippen LogP contribution in [0, 0.1) is 11.3 Å². The van der Waals surface area contributed by atoms with E-state index in [9.17, 15) is 0 Å². The van der Waals surface area contributed by atoms with Gasteiger partial charge in [-0.25, -0.2) is 0 Å². The third-order valence-corrected chi connectivity index (χ3v) is 0.903. The fourth-order valence-electron chi connectivity index (χ4n) is 0.513. The van der Waals surface area contributed by atoms with Gasteiger partial charge in [-0.1, -0.05) is 18.2 Å². The van der Waals surface area contributed by atoms with Crippen LogP contribution in [0.4, 0.5) is 0 Å². The van der Waals surface area contributed by atoms with E-state index in [4.69, 9.17) is 5.26 Å². The van der Waals surface area contributed by atoms with E-state index in [0.29, 0.717) is 5.56 Å². The van der Waals surface area contributed by atoms with Gasteiger partial charge in [-0.15, -0.1) is 0 Å². The van der Waals surface area contributed by atoms with Crippen molar-refractivity contribution >= 4 is 29.6 Å². The van der Waals surface area contributed by atoms with E-state index < -0.39 is 0 Å². The zero-order valence-corrected chi connectivity index (χ0v) is 4.33. The second-order valence-corrected chi connectivity index (χ2v) is 1.48. The van der Waals surface area contributed by atoms with Crippen LogP contribution >= 0.6 is 0 Å². The molecule has 0 saturated heterocycles. The van der Waals surface area contributed by atoms with Crippen molar-refractivity contribution in [3.8, 4) is 6.07 Å². The van der Waals surface area contributed by atoms with Gasteiger partial charge in [0.15, 0.2) is 0 Å². The molecule has 0 aliphatic heterocycles. The summed E-state index contributed by atoms with van der Waals surface area (Å²) in [7, 11) is 0. The SMILES string of the molecule is N#Cc1ccccc1.[NaH]. The van der Waals surface area contributed by atoms with Crippen LogP contribution < -0.4 is 0 Å². The maximum absolute atomic E-state index is 8.29. The minimum atomic E-state index is 0. The van der Waals surface area contributed by atoms with E-state index in [2.05, 4.69) is 0 Å². The molecule has 1 nitrogen and oxygen atoms in total. The first-order valence-corrected chi connectivity index (χ1v) is 2.38. The van der Waals surface area contributed by atoms with E-state index in [1.165, 1.54) is 0 Å². The van der Waals surface area contributed by atoms with Gasteiger partial charge in [0, 0.05) is 0 Å². The molecule has 1 rings (SSSR count). The Morgan fingerprint density at radius 1 is 1.11 bits per heavy atom. The molecule has 1 aromatic carbocycles. The predicted molar refractivity (Wildman–Crippen MR) is 38.3 cm³/mol. The Morgan fingerprint density at radius 2 is 1.67 bits per heavy atom. The molecule has 0 saturated carbocycles.